The van der Waals surface area contributed by atoms with E-state index in [-0.39, 0.29) is 5.97 Å². The first-order chi connectivity index (χ1) is 10.5. The Morgan fingerprint density at radius 1 is 1.27 bits per heavy atom. The van der Waals surface area contributed by atoms with Gasteiger partial charge in [-0.15, -0.1) is 0 Å². The van der Waals surface area contributed by atoms with Crippen molar-refractivity contribution in [3.8, 4) is 5.75 Å². The molecular weight excluding hydrogens is 276 g/mol. The zero-order chi connectivity index (χ0) is 16.5. The van der Waals surface area contributed by atoms with E-state index >= 15 is 0 Å². The van der Waals surface area contributed by atoms with Crippen molar-refractivity contribution in [3.63, 3.8) is 0 Å². The Morgan fingerprint density at radius 2 is 2.00 bits per heavy atom. The topological polar surface area (TPSA) is 35.5 Å². The molecule has 1 unspecified atom stereocenters. The summed E-state index contributed by atoms with van der Waals surface area (Å²) in [5.41, 5.74) is 3.08. The summed E-state index contributed by atoms with van der Waals surface area (Å²) in [6.45, 7) is 13.3. The number of carbonyl (C=O) groups excluding carboxylic acids is 1. The zero-order valence-electron chi connectivity index (χ0n) is 13.6. The van der Waals surface area contributed by atoms with Crippen LogP contribution in [0.3, 0.4) is 0 Å². The largest absolute Gasteiger partial charge is 0.489 e. The first-order valence-electron chi connectivity index (χ1n) is 7.28. The van der Waals surface area contributed by atoms with Crippen LogP contribution in [0.15, 0.2) is 55.2 Å². The quantitative estimate of drug-likeness (QED) is 0.522. The van der Waals surface area contributed by atoms with E-state index in [4.69, 9.17) is 9.47 Å². The average Bonchev–Trinajstić information content (AvgIpc) is 2.48. The van der Waals surface area contributed by atoms with Gasteiger partial charge in [-0.2, -0.15) is 0 Å². The summed E-state index contributed by atoms with van der Waals surface area (Å²) in [4.78, 5) is 11.3. The van der Waals surface area contributed by atoms with Gasteiger partial charge in [0.1, 0.15) is 18.5 Å². The summed E-state index contributed by atoms with van der Waals surface area (Å²) in [5.74, 6) is 0.375. The van der Waals surface area contributed by atoms with E-state index in [1.54, 1.807) is 12.2 Å². The van der Waals surface area contributed by atoms with Crippen molar-refractivity contribution in [2.24, 2.45) is 0 Å². The van der Waals surface area contributed by atoms with Gasteiger partial charge < -0.3 is 9.47 Å². The molecule has 0 saturated heterocycles. The van der Waals surface area contributed by atoms with E-state index in [0.29, 0.717) is 6.61 Å². The van der Waals surface area contributed by atoms with Crippen LogP contribution in [-0.2, 0) is 16.0 Å². The van der Waals surface area contributed by atoms with E-state index < -0.39 is 6.10 Å². The Balaban J connectivity index is 3.25. The van der Waals surface area contributed by atoms with Crippen LogP contribution in [0.25, 0.3) is 0 Å². The molecule has 1 aromatic rings. The molecule has 0 aliphatic carbocycles. The molecule has 3 nitrogen and oxygen atoms in total. The van der Waals surface area contributed by atoms with Gasteiger partial charge in [-0.3, -0.25) is 4.79 Å². The van der Waals surface area contributed by atoms with Crippen molar-refractivity contribution >= 4 is 5.97 Å². The summed E-state index contributed by atoms with van der Waals surface area (Å²) in [6.07, 6.45) is 5.66. The molecule has 0 saturated carbocycles. The van der Waals surface area contributed by atoms with Crippen molar-refractivity contribution in [2.75, 3.05) is 6.61 Å². The van der Waals surface area contributed by atoms with Crippen LogP contribution >= 0.6 is 0 Å². The summed E-state index contributed by atoms with van der Waals surface area (Å²) in [5, 5.41) is 0. The zero-order valence-corrected chi connectivity index (χ0v) is 13.6. The number of carbonyl (C=O) groups is 1. The van der Waals surface area contributed by atoms with Gasteiger partial charge in [0, 0.05) is 12.5 Å². The van der Waals surface area contributed by atoms with Crippen molar-refractivity contribution in [2.45, 2.75) is 33.3 Å². The fourth-order valence-electron chi connectivity index (χ4n) is 2.04. The van der Waals surface area contributed by atoms with E-state index in [1.807, 2.05) is 18.2 Å². The number of hydrogen-bond acceptors (Lipinski definition) is 3. The number of esters is 1. The van der Waals surface area contributed by atoms with E-state index in [2.05, 4.69) is 33.1 Å². The van der Waals surface area contributed by atoms with Crippen LogP contribution in [0.2, 0.25) is 0 Å². The summed E-state index contributed by atoms with van der Waals surface area (Å²) in [7, 11) is 0. The highest BCUT2D eigenvalue weighted by Crippen LogP contribution is 2.33. The molecule has 22 heavy (non-hydrogen) atoms. The van der Waals surface area contributed by atoms with Gasteiger partial charge in [-0.25, -0.2) is 0 Å². The minimum atomic E-state index is -0.524. The lowest BCUT2D eigenvalue weighted by molar-refractivity contribution is -0.144. The molecule has 0 spiro atoms. The van der Waals surface area contributed by atoms with Gasteiger partial charge in [-0.1, -0.05) is 49.1 Å². The predicted molar refractivity (Wildman–Crippen MR) is 90.0 cm³/mol. The maximum absolute atomic E-state index is 11.3. The fourth-order valence-corrected chi connectivity index (χ4v) is 2.04. The molecule has 1 rings (SSSR count). The second-order valence-corrected chi connectivity index (χ2v) is 5.19. The van der Waals surface area contributed by atoms with Gasteiger partial charge in [0.25, 0.3) is 0 Å². The second kappa shape index (κ2) is 8.88. The third-order valence-electron chi connectivity index (χ3n) is 3.02. The van der Waals surface area contributed by atoms with Crippen molar-refractivity contribution < 1.29 is 14.3 Å². The molecule has 0 fully saturated rings. The third-order valence-corrected chi connectivity index (χ3v) is 3.02. The highest BCUT2D eigenvalue weighted by Gasteiger charge is 2.18. The summed E-state index contributed by atoms with van der Waals surface area (Å²) in [6, 6.07) is 5.83. The van der Waals surface area contributed by atoms with Crippen molar-refractivity contribution in [1.82, 2.24) is 0 Å². The van der Waals surface area contributed by atoms with Crippen LogP contribution in [0, 0.1) is 0 Å². The number of ether oxygens (including phenoxy) is 2. The molecule has 0 radical (unpaired) electrons. The average molecular weight is 300 g/mol. The van der Waals surface area contributed by atoms with Crippen molar-refractivity contribution in [3.05, 3.63) is 66.3 Å². The molecule has 0 aromatic heterocycles. The third kappa shape index (κ3) is 5.24. The number of benzene rings is 1. The molecule has 0 amide bonds. The number of rotatable bonds is 8. The molecule has 1 atom stereocenters. The van der Waals surface area contributed by atoms with Crippen LogP contribution < -0.4 is 4.74 Å². The Bertz CT molecular complexity index is 566. The molecule has 118 valence electrons. The molecule has 1 aromatic carbocycles. The van der Waals surface area contributed by atoms with Crippen LogP contribution in [-0.4, -0.2) is 12.6 Å². The number of para-hydroxylation sites is 1. The maximum Gasteiger partial charge on any atom is 0.303 e. The van der Waals surface area contributed by atoms with Gasteiger partial charge in [-0.05, 0) is 31.9 Å². The first kappa shape index (κ1) is 17.8. The van der Waals surface area contributed by atoms with Gasteiger partial charge in [0.2, 0.25) is 0 Å². The SMILES string of the molecule is C=CCOc1c(CC=C(C)C)cccc1C(C=C)OC(C)=O. The lowest BCUT2D eigenvalue weighted by Crippen LogP contribution is -2.09. The maximum atomic E-state index is 11.3. The second-order valence-electron chi connectivity index (χ2n) is 5.19. The van der Waals surface area contributed by atoms with E-state index in [1.165, 1.54) is 12.5 Å². The molecular formula is C19H24O3. The normalized spacial score (nSPS) is 11.2. The van der Waals surface area contributed by atoms with Gasteiger partial charge in [0.15, 0.2) is 0 Å². The van der Waals surface area contributed by atoms with Gasteiger partial charge in [0.05, 0.1) is 0 Å². The van der Waals surface area contributed by atoms with Crippen LogP contribution in [0.5, 0.6) is 5.75 Å². The standard InChI is InChI=1S/C19H24O3/c1-6-13-21-19-16(12-11-14(3)4)9-8-10-17(19)18(7-2)22-15(5)20/h6-11,18H,1-2,12-13H2,3-5H3. The van der Waals surface area contributed by atoms with Gasteiger partial charge >= 0.3 is 5.97 Å². The Kier molecular flexibility index (Phi) is 7.17. The fraction of sp³-hybridized carbons (Fsp3) is 0.316. The lowest BCUT2D eigenvalue weighted by atomic mass is 10.0. The molecule has 0 bridgehead atoms. The molecule has 0 N–H and O–H groups in total. The Labute approximate surface area is 132 Å². The first-order valence-corrected chi connectivity index (χ1v) is 7.28. The highest BCUT2D eigenvalue weighted by molar-refractivity contribution is 5.67. The molecule has 3 heteroatoms. The summed E-state index contributed by atoms with van der Waals surface area (Å²) >= 11 is 0. The summed E-state index contributed by atoms with van der Waals surface area (Å²) < 4.78 is 11.1. The number of hydrogen-bond donors (Lipinski definition) is 0. The molecule has 0 heterocycles. The monoisotopic (exact) mass is 300 g/mol. The van der Waals surface area contributed by atoms with Crippen molar-refractivity contribution in [1.29, 1.82) is 0 Å². The van der Waals surface area contributed by atoms with Crippen LogP contribution in [0.1, 0.15) is 38.0 Å². The minimum absolute atomic E-state index is 0.353. The molecule has 0 aliphatic rings. The molecule has 0 aliphatic heterocycles. The van der Waals surface area contributed by atoms with Crippen LogP contribution in [0.4, 0.5) is 0 Å². The number of allylic oxidation sites excluding steroid dienone is 2. The van der Waals surface area contributed by atoms with E-state index in [0.717, 1.165) is 23.3 Å². The predicted octanol–water partition coefficient (Wildman–Crippen LogP) is 4.55. The Hall–Kier alpha value is -2.29. The minimum Gasteiger partial charge on any atom is -0.489 e. The van der Waals surface area contributed by atoms with E-state index in [9.17, 15) is 4.79 Å². The lowest BCUT2D eigenvalue weighted by Gasteiger charge is -2.19. The Morgan fingerprint density at radius 3 is 2.55 bits per heavy atom. The smallest absolute Gasteiger partial charge is 0.303 e. The highest BCUT2D eigenvalue weighted by atomic mass is 16.5.